The van der Waals surface area contributed by atoms with Crippen molar-refractivity contribution in [2.24, 2.45) is 0 Å². The van der Waals surface area contributed by atoms with Gasteiger partial charge in [0.25, 0.3) is 5.69 Å². The number of nitrogens with zero attached hydrogens (tertiary/aromatic N) is 1. The molecule has 4 nitrogen and oxygen atoms in total. The van der Waals surface area contributed by atoms with Gasteiger partial charge in [0.05, 0.1) is 10.5 Å². The van der Waals surface area contributed by atoms with Crippen LogP contribution in [0.2, 0.25) is 0 Å². The molecule has 0 atom stereocenters. The third-order valence-electron chi connectivity index (χ3n) is 1.73. The minimum atomic E-state index is -0.454. The predicted octanol–water partition coefficient (Wildman–Crippen LogP) is 2.60. The Bertz CT molecular complexity index is 393. The Labute approximate surface area is 82.2 Å². The molecule has 0 radical (unpaired) electrons. The molecule has 1 aromatic rings. The summed E-state index contributed by atoms with van der Waals surface area (Å²) < 4.78 is 0. The monoisotopic (exact) mass is 192 g/mol. The summed E-state index contributed by atoms with van der Waals surface area (Å²) in [5.41, 5.74) is 7.26. The van der Waals surface area contributed by atoms with Gasteiger partial charge in [0.2, 0.25) is 0 Å². The molecule has 1 rings (SSSR count). The molecular formula is C10H12N2O2. The van der Waals surface area contributed by atoms with Gasteiger partial charge >= 0.3 is 0 Å². The number of nitro benzene ring substituents is 1. The largest absolute Gasteiger partial charge is 0.393 e. The lowest BCUT2D eigenvalue weighted by atomic mass is 10.1. The second kappa shape index (κ2) is 3.91. The van der Waals surface area contributed by atoms with Gasteiger partial charge in [-0.05, 0) is 32.1 Å². The van der Waals surface area contributed by atoms with E-state index in [0.717, 1.165) is 5.57 Å². The summed E-state index contributed by atoms with van der Waals surface area (Å²) in [4.78, 5) is 10.3. The van der Waals surface area contributed by atoms with Crippen molar-refractivity contribution < 1.29 is 4.92 Å². The highest BCUT2D eigenvalue weighted by atomic mass is 16.6. The molecule has 0 saturated heterocycles. The molecule has 0 aromatic heterocycles. The first-order valence-electron chi connectivity index (χ1n) is 4.20. The molecule has 0 spiro atoms. The van der Waals surface area contributed by atoms with E-state index in [0.29, 0.717) is 5.56 Å². The van der Waals surface area contributed by atoms with Crippen LogP contribution in [0.1, 0.15) is 19.4 Å². The lowest BCUT2D eigenvalue weighted by molar-refractivity contribution is -0.384. The van der Waals surface area contributed by atoms with Gasteiger partial charge < -0.3 is 5.73 Å². The molecule has 0 aliphatic carbocycles. The third kappa shape index (κ3) is 2.10. The number of nitrogen functional groups attached to an aromatic ring is 1. The molecule has 4 heteroatoms. The molecule has 0 amide bonds. The van der Waals surface area contributed by atoms with Crippen LogP contribution < -0.4 is 5.73 Å². The molecule has 2 N–H and O–H groups in total. The number of anilines is 1. The zero-order valence-corrected chi connectivity index (χ0v) is 8.15. The van der Waals surface area contributed by atoms with Gasteiger partial charge in [-0.15, -0.1) is 0 Å². The highest BCUT2D eigenvalue weighted by molar-refractivity contribution is 5.72. The molecule has 0 fully saturated rings. The van der Waals surface area contributed by atoms with E-state index < -0.39 is 4.92 Å². The summed E-state index contributed by atoms with van der Waals surface area (Å²) in [5, 5.41) is 10.7. The molecule has 0 aliphatic heterocycles. The van der Waals surface area contributed by atoms with E-state index >= 15 is 0 Å². The topological polar surface area (TPSA) is 69.2 Å². The molecule has 0 saturated carbocycles. The minimum Gasteiger partial charge on any atom is -0.393 e. The Balaban J connectivity index is 3.36. The van der Waals surface area contributed by atoms with Crippen molar-refractivity contribution in [3.8, 4) is 0 Å². The summed E-state index contributed by atoms with van der Waals surface area (Å²) in [6.07, 6.45) is 1.74. The van der Waals surface area contributed by atoms with Crippen LogP contribution >= 0.6 is 0 Å². The van der Waals surface area contributed by atoms with Crippen molar-refractivity contribution in [2.75, 3.05) is 5.73 Å². The van der Waals surface area contributed by atoms with Gasteiger partial charge in [0.15, 0.2) is 0 Å². The van der Waals surface area contributed by atoms with Crippen LogP contribution in [0, 0.1) is 10.1 Å². The van der Waals surface area contributed by atoms with Gasteiger partial charge in [0.1, 0.15) is 5.69 Å². The van der Waals surface area contributed by atoms with Crippen LogP contribution in [-0.2, 0) is 0 Å². The normalized spacial score (nSPS) is 9.57. The predicted molar refractivity (Wildman–Crippen MR) is 56.8 cm³/mol. The maximum Gasteiger partial charge on any atom is 0.299 e. The summed E-state index contributed by atoms with van der Waals surface area (Å²) in [6, 6.07) is 4.92. The van der Waals surface area contributed by atoms with E-state index in [4.69, 9.17) is 5.73 Å². The van der Waals surface area contributed by atoms with Crippen molar-refractivity contribution in [3.63, 3.8) is 0 Å². The second-order valence-electron chi connectivity index (χ2n) is 3.26. The van der Waals surface area contributed by atoms with Gasteiger partial charge in [0, 0.05) is 0 Å². The van der Waals surface area contributed by atoms with Crippen LogP contribution in [0.5, 0.6) is 0 Å². The van der Waals surface area contributed by atoms with Gasteiger partial charge in [-0.1, -0.05) is 11.6 Å². The number of hydrogen-bond donors (Lipinski definition) is 1. The third-order valence-corrected chi connectivity index (χ3v) is 1.73. The SMILES string of the molecule is CC(C)=Cc1cccc(N)c1[N+](=O)[O-]. The smallest absolute Gasteiger partial charge is 0.299 e. The summed E-state index contributed by atoms with van der Waals surface area (Å²) in [7, 11) is 0. The lowest BCUT2D eigenvalue weighted by Crippen LogP contribution is -1.97. The Morgan fingerprint density at radius 1 is 1.50 bits per heavy atom. The standard InChI is InChI=1S/C10H12N2O2/c1-7(2)6-8-4-3-5-9(11)10(8)12(13)14/h3-6H,11H2,1-2H3. The van der Waals surface area contributed by atoms with Crippen LogP contribution in [0.15, 0.2) is 23.8 Å². The number of nitrogens with two attached hydrogens (primary N) is 1. The maximum atomic E-state index is 10.7. The Kier molecular flexibility index (Phi) is 2.86. The molecule has 0 heterocycles. The number of benzene rings is 1. The Morgan fingerprint density at radius 2 is 2.14 bits per heavy atom. The first-order valence-corrected chi connectivity index (χ1v) is 4.20. The van der Waals surface area contributed by atoms with Gasteiger partial charge in [-0.2, -0.15) is 0 Å². The van der Waals surface area contributed by atoms with Gasteiger partial charge in [-0.3, -0.25) is 10.1 Å². The second-order valence-corrected chi connectivity index (χ2v) is 3.26. The maximum absolute atomic E-state index is 10.7. The van der Waals surface area contributed by atoms with E-state index in [9.17, 15) is 10.1 Å². The van der Waals surface area contributed by atoms with Crippen molar-refractivity contribution in [2.45, 2.75) is 13.8 Å². The first kappa shape index (κ1) is 10.2. The van der Waals surface area contributed by atoms with Crippen molar-refractivity contribution >= 4 is 17.5 Å². The Hall–Kier alpha value is -1.84. The lowest BCUT2D eigenvalue weighted by Gasteiger charge is -2.01. The first-order chi connectivity index (χ1) is 6.52. The number of para-hydroxylation sites is 1. The van der Waals surface area contributed by atoms with E-state index in [2.05, 4.69) is 0 Å². The fourth-order valence-electron chi connectivity index (χ4n) is 1.22. The number of rotatable bonds is 2. The van der Waals surface area contributed by atoms with Crippen LogP contribution in [0.25, 0.3) is 6.08 Å². The van der Waals surface area contributed by atoms with E-state index in [1.165, 1.54) is 6.07 Å². The van der Waals surface area contributed by atoms with Crippen LogP contribution in [-0.4, -0.2) is 4.92 Å². The molecule has 0 aliphatic rings. The summed E-state index contributed by atoms with van der Waals surface area (Å²) in [5.74, 6) is 0. The average molecular weight is 192 g/mol. The quantitative estimate of drug-likeness (QED) is 0.444. The zero-order valence-electron chi connectivity index (χ0n) is 8.15. The minimum absolute atomic E-state index is 0.0197. The highest BCUT2D eigenvalue weighted by Crippen LogP contribution is 2.27. The molecule has 0 unspecified atom stereocenters. The zero-order chi connectivity index (χ0) is 10.7. The number of hydrogen-bond acceptors (Lipinski definition) is 3. The average Bonchev–Trinajstić information content (AvgIpc) is 2.01. The van der Waals surface area contributed by atoms with E-state index in [1.54, 1.807) is 18.2 Å². The van der Waals surface area contributed by atoms with Crippen LogP contribution in [0.3, 0.4) is 0 Å². The molecular weight excluding hydrogens is 180 g/mol. The number of allylic oxidation sites excluding steroid dienone is 1. The summed E-state index contributed by atoms with van der Waals surface area (Å²) >= 11 is 0. The summed E-state index contributed by atoms with van der Waals surface area (Å²) in [6.45, 7) is 3.76. The van der Waals surface area contributed by atoms with E-state index in [-0.39, 0.29) is 11.4 Å². The van der Waals surface area contributed by atoms with Crippen molar-refractivity contribution in [1.29, 1.82) is 0 Å². The number of nitro groups is 1. The molecule has 74 valence electrons. The molecule has 0 bridgehead atoms. The molecule has 14 heavy (non-hydrogen) atoms. The Morgan fingerprint density at radius 3 is 2.64 bits per heavy atom. The highest BCUT2D eigenvalue weighted by Gasteiger charge is 2.15. The fraction of sp³-hybridized carbons (Fsp3) is 0.200. The van der Waals surface area contributed by atoms with Crippen LogP contribution in [0.4, 0.5) is 11.4 Å². The fourth-order valence-corrected chi connectivity index (χ4v) is 1.22. The van der Waals surface area contributed by atoms with Crippen molar-refractivity contribution in [1.82, 2.24) is 0 Å². The van der Waals surface area contributed by atoms with Crippen molar-refractivity contribution in [3.05, 3.63) is 39.4 Å². The van der Waals surface area contributed by atoms with E-state index in [1.807, 2.05) is 13.8 Å². The van der Waals surface area contributed by atoms with Gasteiger partial charge in [-0.25, -0.2) is 0 Å². The molecule has 1 aromatic carbocycles.